The summed E-state index contributed by atoms with van der Waals surface area (Å²) in [6.45, 7) is 1.06. The average Bonchev–Trinajstić information content (AvgIpc) is 3.04. The van der Waals surface area contributed by atoms with Crippen LogP contribution in [-0.4, -0.2) is 46.0 Å². The number of aliphatic hydroxyl groups excluding tert-OH is 1. The second kappa shape index (κ2) is 6.89. The van der Waals surface area contributed by atoms with Gasteiger partial charge in [0.05, 0.1) is 6.10 Å². The minimum atomic E-state index is -0.324. The highest BCUT2D eigenvalue weighted by molar-refractivity contribution is 7.14. The molecule has 120 valence electrons. The third kappa shape index (κ3) is 3.75. The summed E-state index contributed by atoms with van der Waals surface area (Å²) < 4.78 is 0. The lowest BCUT2D eigenvalue weighted by atomic mass is 10.1. The van der Waals surface area contributed by atoms with Crippen LogP contribution < -0.4 is 5.32 Å². The van der Waals surface area contributed by atoms with Crippen LogP contribution in [0.2, 0.25) is 0 Å². The van der Waals surface area contributed by atoms with Gasteiger partial charge >= 0.3 is 0 Å². The van der Waals surface area contributed by atoms with Gasteiger partial charge in [0.25, 0.3) is 11.8 Å². The molecule has 1 aromatic heterocycles. The lowest BCUT2D eigenvalue weighted by Crippen LogP contribution is -2.40. The zero-order chi connectivity index (χ0) is 16.2. The van der Waals surface area contributed by atoms with Gasteiger partial charge in [-0.25, -0.2) is 4.98 Å². The van der Waals surface area contributed by atoms with E-state index in [9.17, 15) is 14.7 Å². The molecule has 0 atom stereocenters. The zero-order valence-electron chi connectivity index (χ0n) is 12.4. The summed E-state index contributed by atoms with van der Waals surface area (Å²) in [5.74, 6) is -0.409. The number of carbonyl (C=O) groups excluding carboxylic acids is 2. The molecule has 0 unspecified atom stereocenters. The van der Waals surface area contributed by atoms with Crippen LogP contribution >= 0.6 is 11.3 Å². The molecule has 1 aliphatic heterocycles. The summed E-state index contributed by atoms with van der Waals surface area (Å²) in [5.41, 5.74) is 0.871. The Bertz CT molecular complexity index is 694. The summed E-state index contributed by atoms with van der Waals surface area (Å²) >= 11 is 1.23. The molecule has 1 aliphatic rings. The second-order valence-corrected chi connectivity index (χ2v) is 6.24. The number of likely N-dealkylation sites (tertiary alicyclic amines) is 1. The number of aromatic nitrogens is 1. The van der Waals surface area contributed by atoms with Crippen LogP contribution in [0.1, 0.15) is 33.7 Å². The summed E-state index contributed by atoms with van der Waals surface area (Å²) in [6, 6.07) is 8.85. The molecular formula is C16H17N3O3S. The Balaban J connectivity index is 1.64. The lowest BCUT2D eigenvalue weighted by Gasteiger charge is -2.28. The Hall–Kier alpha value is -2.25. The quantitative estimate of drug-likeness (QED) is 0.901. The van der Waals surface area contributed by atoms with Crippen molar-refractivity contribution in [3.05, 3.63) is 47.0 Å². The van der Waals surface area contributed by atoms with Gasteiger partial charge in [-0.1, -0.05) is 18.2 Å². The van der Waals surface area contributed by atoms with Gasteiger partial charge in [0.2, 0.25) is 0 Å². The fourth-order valence-corrected chi connectivity index (χ4v) is 3.10. The molecule has 0 saturated carbocycles. The van der Waals surface area contributed by atoms with Gasteiger partial charge in [-0.05, 0) is 25.0 Å². The van der Waals surface area contributed by atoms with E-state index in [1.54, 1.807) is 34.5 Å². The van der Waals surface area contributed by atoms with E-state index in [-0.39, 0.29) is 17.9 Å². The molecule has 2 aromatic rings. The molecule has 3 rings (SSSR count). The number of amides is 2. The molecule has 23 heavy (non-hydrogen) atoms. The van der Waals surface area contributed by atoms with Crippen molar-refractivity contribution in [1.82, 2.24) is 9.88 Å². The first kappa shape index (κ1) is 15.6. The summed E-state index contributed by atoms with van der Waals surface area (Å²) in [7, 11) is 0. The molecule has 2 amide bonds. The van der Waals surface area contributed by atoms with Crippen LogP contribution in [-0.2, 0) is 0 Å². The van der Waals surface area contributed by atoms with Gasteiger partial charge in [0.1, 0.15) is 5.69 Å². The van der Waals surface area contributed by atoms with Gasteiger partial charge in [-0.15, -0.1) is 11.3 Å². The van der Waals surface area contributed by atoms with Crippen LogP contribution in [0.4, 0.5) is 5.13 Å². The molecule has 1 aromatic carbocycles. The predicted molar refractivity (Wildman–Crippen MR) is 87.7 cm³/mol. The highest BCUT2D eigenvalue weighted by Crippen LogP contribution is 2.19. The number of rotatable bonds is 3. The second-order valence-electron chi connectivity index (χ2n) is 5.38. The molecule has 0 radical (unpaired) electrons. The predicted octanol–water partition coefficient (Wildman–Crippen LogP) is 1.99. The van der Waals surface area contributed by atoms with E-state index in [4.69, 9.17) is 0 Å². The van der Waals surface area contributed by atoms with Crippen molar-refractivity contribution in [2.45, 2.75) is 18.9 Å². The van der Waals surface area contributed by atoms with E-state index in [0.29, 0.717) is 42.3 Å². The van der Waals surface area contributed by atoms with Crippen molar-refractivity contribution in [2.75, 3.05) is 18.4 Å². The summed E-state index contributed by atoms with van der Waals surface area (Å²) in [6.07, 6.45) is 0.858. The number of thiazole rings is 1. The lowest BCUT2D eigenvalue weighted by molar-refractivity contribution is 0.0542. The molecule has 0 spiro atoms. The largest absolute Gasteiger partial charge is 0.393 e. The minimum absolute atomic E-state index is 0.159. The molecule has 2 N–H and O–H groups in total. The Morgan fingerprint density at radius 2 is 1.91 bits per heavy atom. The topological polar surface area (TPSA) is 82.5 Å². The summed E-state index contributed by atoms with van der Waals surface area (Å²) in [5, 5.41) is 14.2. The highest BCUT2D eigenvalue weighted by atomic mass is 32.1. The van der Waals surface area contributed by atoms with E-state index in [0.717, 1.165) is 0 Å². The van der Waals surface area contributed by atoms with Crippen molar-refractivity contribution in [3.8, 4) is 0 Å². The van der Waals surface area contributed by atoms with Crippen LogP contribution in [0.5, 0.6) is 0 Å². The van der Waals surface area contributed by atoms with Gasteiger partial charge in [0.15, 0.2) is 5.13 Å². The number of benzene rings is 1. The molecule has 6 nitrogen and oxygen atoms in total. The molecule has 1 saturated heterocycles. The fraction of sp³-hybridized carbons (Fsp3) is 0.312. The fourth-order valence-electron chi connectivity index (χ4n) is 2.42. The maximum atomic E-state index is 12.4. The number of aliphatic hydroxyl groups is 1. The van der Waals surface area contributed by atoms with Crippen molar-refractivity contribution in [1.29, 1.82) is 0 Å². The third-order valence-corrected chi connectivity index (χ3v) is 4.49. The number of nitrogens with zero attached hydrogens (tertiary/aromatic N) is 2. The number of hydrogen-bond donors (Lipinski definition) is 2. The number of nitrogens with one attached hydrogen (secondary N) is 1. The van der Waals surface area contributed by atoms with Gasteiger partial charge in [-0.2, -0.15) is 0 Å². The van der Waals surface area contributed by atoms with Crippen LogP contribution in [0, 0.1) is 0 Å². The van der Waals surface area contributed by atoms with Crippen molar-refractivity contribution in [2.24, 2.45) is 0 Å². The molecule has 7 heteroatoms. The Morgan fingerprint density at radius 3 is 2.61 bits per heavy atom. The Labute approximate surface area is 137 Å². The van der Waals surface area contributed by atoms with E-state index in [1.807, 2.05) is 6.07 Å². The molecule has 2 heterocycles. The van der Waals surface area contributed by atoms with Crippen LogP contribution in [0.25, 0.3) is 0 Å². The first-order valence-corrected chi connectivity index (χ1v) is 8.31. The van der Waals surface area contributed by atoms with Crippen molar-refractivity contribution in [3.63, 3.8) is 0 Å². The maximum absolute atomic E-state index is 12.4. The molecule has 0 aliphatic carbocycles. The number of anilines is 1. The maximum Gasteiger partial charge on any atom is 0.273 e. The SMILES string of the molecule is O=C(Nc1nc(C(=O)N2CCC(O)CC2)cs1)c1ccccc1. The van der Waals surface area contributed by atoms with E-state index in [1.165, 1.54) is 11.3 Å². The number of carbonyl (C=O) groups is 2. The number of hydrogen-bond acceptors (Lipinski definition) is 5. The minimum Gasteiger partial charge on any atom is -0.393 e. The van der Waals surface area contributed by atoms with Crippen molar-refractivity contribution < 1.29 is 14.7 Å². The normalized spacial score (nSPS) is 15.4. The number of piperidine rings is 1. The van der Waals surface area contributed by atoms with E-state index >= 15 is 0 Å². The zero-order valence-corrected chi connectivity index (χ0v) is 13.3. The molecule has 0 bridgehead atoms. The first-order valence-electron chi connectivity index (χ1n) is 7.43. The highest BCUT2D eigenvalue weighted by Gasteiger charge is 2.24. The van der Waals surface area contributed by atoms with Gasteiger partial charge in [-0.3, -0.25) is 14.9 Å². The Morgan fingerprint density at radius 1 is 1.22 bits per heavy atom. The van der Waals surface area contributed by atoms with Gasteiger partial charge < -0.3 is 10.0 Å². The van der Waals surface area contributed by atoms with E-state index in [2.05, 4.69) is 10.3 Å². The van der Waals surface area contributed by atoms with Crippen LogP contribution in [0.15, 0.2) is 35.7 Å². The monoisotopic (exact) mass is 331 g/mol. The first-order chi connectivity index (χ1) is 11.1. The molecular weight excluding hydrogens is 314 g/mol. The summed E-state index contributed by atoms with van der Waals surface area (Å²) in [4.78, 5) is 30.3. The van der Waals surface area contributed by atoms with E-state index < -0.39 is 0 Å². The smallest absolute Gasteiger partial charge is 0.273 e. The third-order valence-electron chi connectivity index (χ3n) is 3.73. The Kier molecular flexibility index (Phi) is 4.68. The molecule has 1 fully saturated rings. The standard InChI is InChI=1S/C16H17N3O3S/c20-12-6-8-19(9-7-12)15(22)13-10-23-16(17-13)18-14(21)11-4-2-1-3-5-11/h1-5,10,12,20H,6-9H2,(H,17,18,21). The average molecular weight is 331 g/mol. The van der Waals surface area contributed by atoms with Crippen LogP contribution in [0.3, 0.4) is 0 Å². The van der Waals surface area contributed by atoms with Gasteiger partial charge in [0, 0.05) is 24.0 Å². The van der Waals surface area contributed by atoms with Crippen molar-refractivity contribution >= 4 is 28.3 Å².